The number of aryl methyl sites for hydroxylation is 1. The molecule has 1 saturated heterocycles. The van der Waals surface area contributed by atoms with Gasteiger partial charge in [0.1, 0.15) is 0 Å². The average Bonchev–Trinajstić information content (AvgIpc) is 3.19. The summed E-state index contributed by atoms with van der Waals surface area (Å²) in [7, 11) is 0. The fraction of sp³-hybridized carbons (Fsp3) is 0.421. The highest BCUT2D eigenvalue weighted by atomic mass is 32.1. The summed E-state index contributed by atoms with van der Waals surface area (Å²) >= 11 is 5.32. The highest BCUT2D eigenvalue weighted by molar-refractivity contribution is 7.80. The van der Waals surface area contributed by atoms with Crippen molar-refractivity contribution in [3.8, 4) is 0 Å². The minimum absolute atomic E-state index is 0.122. The van der Waals surface area contributed by atoms with Crippen molar-refractivity contribution >= 4 is 28.9 Å². The molecular formula is C19H25N5OS. The summed E-state index contributed by atoms with van der Waals surface area (Å²) in [6, 6.07) is 7.52. The number of imidazole rings is 1. The number of carbonyl (C=O) groups is 1. The number of likely N-dealkylation sites (tertiary alicyclic amines) is 1. The van der Waals surface area contributed by atoms with Gasteiger partial charge in [0, 0.05) is 49.8 Å². The van der Waals surface area contributed by atoms with E-state index in [9.17, 15) is 4.79 Å². The Hall–Kier alpha value is -2.41. The topological polar surface area (TPSA) is 62.2 Å². The Kier molecular flexibility index (Phi) is 6.60. The first-order chi connectivity index (χ1) is 12.7. The van der Waals surface area contributed by atoms with Crippen molar-refractivity contribution < 1.29 is 4.79 Å². The number of hydrogen-bond donors (Lipinski definition) is 2. The second-order valence-electron chi connectivity index (χ2n) is 6.47. The maximum absolute atomic E-state index is 12.5. The van der Waals surface area contributed by atoms with Crippen LogP contribution in [0.25, 0.3) is 0 Å². The monoisotopic (exact) mass is 371 g/mol. The molecule has 0 unspecified atom stereocenters. The van der Waals surface area contributed by atoms with Crippen LogP contribution in [-0.2, 0) is 6.54 Å². The lowest BCUT2D eigenvalue weighted by Crippen LogP contribution is -2.35. The molecule has 1 aromatic heterocycles. The molecule has 0 radical (unpaired) electrons. The second kappa shape index (κ2) is 9.33. The fourth-order valence-electron chi connectivity index (χ4n) is 3.03. The van der Waals surface area contributed by atoms with Crippen molar-refractivity contribution in [2.75, 3.05) is 25.0 Å². The molecule has 2 N–H and O–H groups in total. The number of nitrogens with zero attached hydrogens (tertiary/aromatic N) is 3. The van der Waals surface area contributed by atoms with Gasteiger partial charge in [-0.2, -0.15) is 0 Å². The number of amides is 1. The first-order valence-electron chi connectivity index (χ1n) is 9.12. The van der Waals surface area contributed by atoms with E-state index in [2.05, 4.69) is 15.6 Å². The molecule has 1 fully saturated rings. The van der Waals surface area contributed by atoms with Crippen molar-refractivity contribution in [2.45, 2.75) is 32.2 Å². The minimum atomic E-state index is 0.122. The number of carbonyl (C=O) groups excluding carboxylic acids is 1. The number of anilines is 1. The Balaban J connectivity index is 1.41. The Bertz CT molecular complexity index is 708. The van der Waals surface area contributed by atoms with Crippen molar-refractivity contribution in [2.24, 2.45) is 0 Å². The third kappa shape index (κ3) is 5.29. The first kappa shape index (κ1) is 18.4. The van der Waals surface area contributed by atoms with Crippen LogP contribution < -0.4 is 10.6 Å². The van der Waals surface area contributed by atoms with Crippen LogP contribution in [0.5, 0.6) is 0 Å². The van der Waals surface area contributed by atoms with E-state index in [4.69, 9.17) is 12.2 Å². The smallest absolute Gasteiger partial charge is 0.253 e. The van der Waals surface area contributed by atoms with Crippen molar-refractivity contribution in [1.82, 2.24) is 19.8 Å². The maximum Gasteiger partial charge on any atom is 0.253 e. The zero-order chi connectivity index (χ0) is 18.2. The molecular weight excluding hydrogens is 346 g/mol. The van der Waals surface area contributed by atoms with Gasteiger partial charge in [-0.15, -0.1) is 0 Å². The molecule has 3 rings (SSSR count). The summed E-state index contributed by atoms with van der Waals surface area (Å²) in [6.07, 6.45) is 9.92. The summed E-state index contributed by atoms with van der Waals surface area (Å²) in [4.78, 5) is 18.4. The predicted molar refractivity (Wildman–Crippen MR) is 107 cm³/mol. The summed E-state index contributed by atoms with van der Waals surface area (Å²) in [6.45, 7) is 3.43. The first-order valence-corrected chi connectivity index (χ1v) is 9.53. The van der Waals surface area contributed by atoms with Crippen molar-refractivity contribution in [3.63, 3.8) is 0 Å². The van der Waals surface area contributed by atoms with Crippen LogP contribution in [0.2, 0.25) is 0 Å². The zero-order valence-corrected chi connectivity index (χ0v) is 15.7. The molecule has 0 spiro atoms. The molecule has 2 heterocycles. The lowest BCUT2D eigenvalue weighted by molar-refractivity contribution is 0.0724. The van der Waals surface area contributed by atoms with Crippen molar-refractivity contribution in [1.29, 1.82) is 0 Å². The van der Waals surface area contributed by atoms with Gasteiger partial charge in [-0.1, -0.05) is 0 Å². The number of nitrogens with one attached hydrogen (secondary N) is 2. The van der Waals surface area contributed by atoms with Crippen LogP contribution >= 0.6 is 12.2 Å². The largest absolute Gasteiger partial charge is 0.362 e. The molecule has 1 amide bonds. The van der Waals surface area contributed by atoms with E-state index in [1.807, 2.05) is 46.3 Å². The fourth-order valence-corrected chi connectivity index (χ4v) is 3.25. The molecule has 6 nitrogen and oxygen atoms in total. The van der Waals surface area contributed by atoms with E-state index in [-0.39, 0.29) is 5.91 Å². The lowest BCUT2D eigenvalue weighted by Gasteiger charge is -2.26. The molecule has 1 aliphatic heterocycles. The normalized spacial score (nSPS) is 14.1. The Labute approximate surface area is 159 Å². The van der Waals surface area contributed by atoms with Gasteiger partial charge < -0.3 is 20.1 Å². The number of thiocarbonyl (C=S) groups is 1. The summed E-state index contributed by atoms with van der Waals surface area (Å²) in [5, 5.41) is 6.94. The second-order valence-corrected chi connectivity index (χ2v) is 6.87. The van der Waals surface area contributed by atoms with Crippen LogP contribution in [-0.4, -0.2) is 45.1 Å². The van der Waals surface area contributed by atoms with E-state index in [0.29, 0.717) is 5.11 Å². The van der Waals surface area contributed by atoms with Gasteiger partial charge in [0.2, 0.25) is 0 Å². The van der Waals surface area contributed by atoms with Gasteiger partial charge in [0.25, 0.3) is 5.91 Å². The van der Waals surface area contributed by atoms with E-state index in [1.54, 1.807) is 6.20 Å². The van der Waals surface area contributed by atoms with Gasteiger partial charge >= 0.3 is 0 Å². The zero-order valence-electron chi connectivity index (χ0n) is 14.9. The van der Waals surface area contributed by atoms with Crippen LogP contribution in [0.4, 0.5) is 5.69 Å². The Morgan fingerprint density at radius 3 is 2.62 bits per heavy atom. The van der Waals surface area contributed by atoms with Gasteiger partial charge in [-0.3, -0.25) is 4.79 Å². The molecule has 1 aliphatic rings. The van der Waals surface area contributed by atoms with E-state index >= 15 is 0 Å². The third-order valence-corrected chi connectivity index (χ3v) is 4.72. The van der Waals surface area contributed by atoms with E-state index < -0.39 is 0 Å². The van der Waals surface area contributed by atoms with Gasteiger partial charge in [-0.05, 0) is 62.2 Å². The molecule has 0 bridgehead atoms. The Morgan fingerprint density at radius 1 is 1.15 bits per heavy atom. The molecule has 2 aromatic rings. The minimum Gasteiger partial charge on any atom is -0.362 e. The van der Waals surface area contributed by atoms with Crippen LogP contribution in [0.15, 0.2) is 43.0 Å². The molecule has 7 heteroatoms. The molecule has 0 saturated carbocycles. The van der Waals surface area contributed by atoms with Crippen LogP contribution in [0.1, 0.15) is 36.0 Å². The standard InChI is InChI=1S/C19H25N5OS/c25-18(24-12-2-1-3-13-24)16-5-7-17(8-6-16)22-19(26)21-9-4-11-23-14-10-20-15-23/h5-8,10,14-15H,1-4,9,11-13H2,(H2,21,22,26). The lowest BCUT2D eigenvalue weighted by atomic mass is 10.1. The van der Waals surface area contributed by atoms with Gasteiger partial charge in [-0.25, -0.2) is 4.98 Å². The summed E-state index contributed by atoms with van der Waals surface area (Å²) in [5.41, 5.74) is 1.61. The third-order valence-electron chi connectivity index (χ3n) is 4.47. The van der Waals surface area contributed by atoms with E-state index in [1.165, 1.54) is 6.42 Å². The predicted octanol–water partition coefficient (Wildman–Crippen LogP) is 2.89. The summed E-state index contributed by atoms with van der Waals surface area (Å²) < 4.78 is 2.04. The number of rotatable bonds is 6. The van der Waals surface area contributed by atoms with Crippen LogP contribution in [0, 0.1) is 0 Å². The number of piperidine rings is 1. The number of aromatic nitrogens is 2. The molecule has 0 aliphatic carbocycles. The molecule has 1 aromatic carbocycles. The quantitative estimate of drug-likeness (QED) is 0.604. The molecule has 138 valence electrons. The van der Waals surface area contributed by atoms with Gasteiger partial charge in [0.05, 0.1) is 6.33 Å². The van der Waals surface area contributed by atoms with Gasteiger partial charge in [0.15, 0.2) is 5.11 Å². The molecule has 0 atom stereocenters. The highest BCUT2D eigenvalue weighted by Gasteiger charge is 2.17. The van der Waals surface area contributed by atoms with Crippen LogP contribution in [0.3, 0.4) is 0 Å². The number of benzene rings is 1. The SMILES string of the molecule is O=C(c1ccc(NC(=S)NCCCn2ccnc2)cc1)N1CCCCC1. The van der Waals surface area contributed by atoms with E-state index in [0.717, 1.165) is 56.7 Å². The maximum atomic E-state index is 12.5. The molecule has 26 heavy (non-hydrogen) atoms. The van der Waals surface area contributed by atoms with Crippen molar-refractivity contribution in [3.05, 3.63) is 48.5 Å². The Morgan fingerprint density at radius 2 is 1.92 bits per heavy atom. The highest BCUT2D eigenvalue weighted by Crippen LogP contribution is 2.15. The number of hydrogen-bond acceptors (Lipinski definition) is 3. The summed E-state index contributed by atoms with van der Waals surface area (Å²) in [5.74, 6) is 0.122. The average molecular weight is 372 g/mol.